The van der Waals surface area contributed by atoms with Crippen LogP contribution in [-0.4, -0.2) is 10.2 Å². The molecule has 0 amide bonds. The predicted octanol–water partition coefficient (Wildman–Crippen LogP) is 1.65. The summed E-state index contributed by atoms with van der Waals surface area (Å²) in [4.78, 5) is 0. The van der Waals surface area contributed by atoms with Crippen LogP contribution in [0.2, 0.25) is 0 Å². The zero-order valence-corrected chi connectivity index (χ0v) is 8.61. The Morgan fingerprint density at radius 2 is 1.93 bits per heavy atom. The standard InChI is InChI=1S/C12H15N3/c13-8-11-9-14-15-12(11)7-6-10-4-2-1-3-5-10/h1-5,9H,6-8,13H2,(H,14,15). The third-order valence-electron chi connectivity index (χ3n) is 2.53. The minimum absolute atomic E-state index is 0.556. The summed E-state index contributed by atoms with van der Waals surface area (Å²) in [6.07, 6.45) is 3.80. The molecule has 0 bridgehead atoms. The van der Waals surface area contributed by atoms with Crippen molar-refractivity contribution in [2.24, 2.45) is 5.73 Å². The number of aryl methyl sites for hydroxylation is 2. The molecule has 2 aromatic rings. The molecule has 0 saturated heterocycles. The van der Waals surface area contributed by atoms with E-state index in [1.54, 1.807) is 6.20 Å². The number of benzene rings is 1. The Morgan fingerprint density at radius 3 is 2.67 bits per heavy atom. The molecule has 0 aliphatic rings. The lowest BCUT2D eigenvalue weighted by molar-refractivity contribution is 0.874. The topological polar surface area (TPSA) is 54.7 Å². The molecule has 0 spiro atoms. The van der Waals surface area contributed by atoms with E-state index in [1.165, 1.54) is 5.56 Å². The van der Waals surface area contributed by atoms with Gasteiger partial charge in [-0.3, -0.25) is 5.10 Å². The Kier molecular flexibility index (Phi) is 3.15. The highest BCUT2D eigenvalue weighted by Crippen LogP contribution is 2.08. The van der Waals surface area contributed by atoms with Gasteiger partial charge in [0.25, 0.3) is 0 Å². The zero-order valence-electron chi connectivity index (χ0n) is 8.61. The average molecular weight is 201 g/mol. The first-order chi connectivity index (χ1) is 7.40. The van der Waals surface area contributed by atoms with E-state index < -0.39 is 0 Å². The van der Waals surface area contributed by atoms with Crippen LogP contribution >= 0.6 is 0 Å². The van der Waals surface area contributed by atoms with E-state index in [0.29, 0.717) is 6.54 Å². The van der Waals surface area contributed by atoms with Crippen LogP contribution in [0.25, 0.3) is 0 Å². The second-order valence-corrected chi connectivity index (χ2v) is 3.56. The smallest absolute Gasteiger partial charge is 0.0535 e. The SMILES string of the molecule is NCc1cn[nH]c1CCc1ccccc1. The van der Waals surface area contributed by atoms with Gasteiger partial charge < -0.3 is 5.73 Å². The molecule has 78 valence electrons. The fraction of sp³-hybridized carbons (Fsp3) is 0.250. The van der Waals surface area contributed by atoms with Gasteiger partial charge in [0, 0.05) is 17.8 Å². The fourth-order valence-corrected chi connectivity index (χ4v) is 1.64. The number of nitrogens with zero attached hydrogens (tertiary/aromatic N) is 1. The van der Waals surface area contributed by atoms with Crippen molar-refractivity contribution in [2.75, 3.05) is 0 Å². The van der Waals surface area contributed by atoms with Gasteiger partial charge in [0.05, 0.1) is 6.20 Å². The normalized spacial score (nSPS) is 10.5. The summed E-state index contributed by atoms with van der Waals surface area (Å²) in [6, 6.07) is 10.4. The largest absolute Gasteiger partial charge is 0.326 e. The fourth-order valence-electron chi connectivity index (χ4n) is 1.64. The number of hydrogen-bond donors (Lipinski definition) is 2. The molecule has 0 radical (unpaired) electrons. The summed E-state index contributed by atoms with van der Waals surface area (Å²) in [7, 11) is 0. The van der Waals surface area contributed by atoms with Crippen molar-refractivity contribution in [1.29, 1.82) is 0 Å². The van der Waals surface area contributed by atoms with Crippen LogP contribution < -0.4 is 5.73 Å². The van der Waals surface area contributed by atoms with Crippen LogP contribution in [0.3, 0.4) is 0 Å². The van der Waals surface area contributed by atoms with E-state index in [0.717, 1.165) is 24.1 Å². The van der Waals surface area contributed by atoms with Crippen LogP contribution in [-0.2, 0) is 19.4 Å². The molecule has 0 atom stereocenters. The molecule has 1 aromatic carbocycles. The summed E-state index contributed by atoms with van der Waals surface area (Å²) in [6.45, 7) is 0.556. The summed E-state index contributed by atoms with van der Waals surface area (Å²) in [5.41, 5.74) is 9.22. The molecule has 0 unspecified atom stereocenters. The van der Waals surface area contributed by atoms with E-state index in [9.17, 15) is 0 Å². The number of nitrogens with two attached hydrogens (primary N) is 1. The lowest BCUT2D eigenvalue weighted by atomic mass is 10.1. The van der Waals surface area contributed by atoms with Crippen molar-refractivity contribution >= 4 is 0 Å². The number of rotatable bonds is 4. The lowest BCUT2D eigenvalue weighted by Gasteiger charge is -2.01. The molecular formula is C12H15N3. The van der Waals surface area contributed by atoms with Gasteiger partial charge in [0.15, 0.2) is 0 Å². The Morgan fingerprint density at radius 1 is 1.13 bits per heavy atom. The third kappa shape index (κ3) is 2.44. The van der Waals surface area contributed by atoms with Gasteiger partial charge in [-0.15, -0.1) is 0 Å². The van der Waals surface area contributed by atoms with E-state index in [1.807, 2.05) is 6.07 Å². The Bertz CT molecular complexity index is 406. The van der Waals surface area contributed by atoms with Gasteiger partial charge in [0.1, 0.15) is 0 Å². The van der Waals surface area contributed by atoms with Gasteiger partial charge in [-0.2, -0.15) is 5.10 Å². The minimum atomic E-state index is 0.556. The van der Waals surface area contributed by atoms with Crippen molar-refractivity contribution in [3.63, 3.8) is 0 Å². The van der Waals surface area contributed by atoms with E-state index in [2.05, 4.69) is 34.5 Å². The Labute approximate surface area is 89.3 Å². The highest BCUT2D eigenvalue weighted by Gasteiger charge is 2.02. The van der Waals surface area contributed by atoms with Gasteiger partial charge >= 0.3 is 0 Å². The van der Waals surface area contributed by atoms with Crippen molar-refractivity contribution in [3.8, 4) is 0 Å². The van der Waals surface area contributed by atoms with Crippen molar-refractivity contribution in [1.82, 2.24) is 10.2 Å². The molecule has 3 heteroatoms. The molecule has 0 aliphatic heterocycles. The maximum absolute atomic E-state index is 5.60. The summed E-state index contributed by atoms with van der Waals surface area (Å²) < 4.78 is 0. The van der Waals surface area contributed by atoms with Gasteiger partial charge in [-0.05, 0) is 18.4 Å². The maximum atomic E-state index is 5.60. The third-order valence-corrected chi connectivity index (χ3v) is 2.53. The number of aromatic nitrogens is 2. The van der Waals surface area contributed by atoms with Crippen molar-refractivity contribution < 1.29 is 0 Å². The Hall–Kier alpha value is -1.61. The molecule has 1 heterocycles. The van der Waals surface area contributed by atoms with Gasteiger partial charge in [-0.1, -0.05) is 30.3 Å². The summed E-state index contributed by atoms with van der Waals surface area (Å²) in [5.74, 6) is 0. The number of aromatic amines is 1. The number of H-pyrrole nitrogens is 1. The number of nitrogens with one attached hydrogen (secondary N) is 1. The second kappa shape index (κ2) is 4.75. The van der Waals surface area contributed by atoms with Crippen LogP contribution in [0.1, 0.15) is 16.8 Å². The molecular weight excluding hydrogens is 186 g/mol. The van der Waals surface area contributed by atoms with E-state index in [4.69, 9.17) is 5.73 Å². The average Bonchev–Trinajstić information content (AvgIpc) is 2.75. The monoisotopic (exact) mass is 201 g/mol. The molecule has 0 aliphatic carbocycles. The molecule has 0 saturated carbocycles. The summed E-state index contributed by atoms with van der Waals surface area (Å²) in [5, 5.41) is 7.00. The van der Waals surface area contributed by atoms with E-state index in [-0.39, 0.29) is 0 Å². The quantitative estimate of drug-likeness (QED) is 0.790. The van der Waals surface area contributed by atoms with Gasteiger partial charge in [0.2, 0.25) is 0 Å². The van der Waals surface area contributed by atoms with Crippen LogP contribution in [0, 0.1) is 0 Å². The van der Waals surface area contributed by atoms with Crippen LogP contribution in [0.4, 0.5) is 0 Å². The molecule has 0 fully saturated rings. The van der Waals surface area contributed by atoms with Crippen LogP contribution in [0.5, 0.6) is 0 Å². The summed E-state index contributed by atoms with van der Waals surface area (Å²) >= 11 is 0. The number of hydrogen-bond acceptors (Lipinski definition) is 2. The van der Waals surface area contributed by atoms with Crippen LogP contribution in [0.15, 0.2) is 36.5 Å². The highest BCUT2D eigenvalue weighted by molar-refractivity contribution is 5.20. The lowest BCUT2D eigenvalue weighted by Crippen LogP contribution is -2.01. The van der Waals surface area contributed by atoms with Crippen molar-refractivity contribution in [2.45, 2.75) is 19.4 Å². The minimum Gasteiger partial charge on any atom is -0.326 e. The predicted molar refractivity (Wildman–Crippen MR) is 60.3 cm³/mol. The second-order valence-electron chi connectivity index (χ2n) is 3.56. The van der Waals surface area contributed by atoms with Gasteiger partial charge in [-0.25, -0.2) is 0 Å². The maximum Gasteiger partial charge on any atom is 0.0535 e. The molecule has 15 heavy (non-hydrogen) atoms. The first-order valence-electron chi connectivity index (χ1n) is 5.15. The first kappa shape index (κ1) is 9.93. The Balaban J connectivity index is 1.99. The van der Waals surface area contributed by atoms with Crippen molar-refractivity contribution in [3.05, 3.63) is 53.3 Å². The highest BCUT2D eigenvalue weighted by atomic mass is 15.1. The molecule has 2 rings (SSSR count). The zero-order chi connectivity index (χ0) is 10.5. The molecule has 3 N–H and O–H groups in total. The first-order valence-corrected chi connectivity index (χ1v) is 5.15. The molecule has 1 aromatic heterocycles. The molecule has 3 nitrogen and oxygen atoms in total. The van der Waals surface area contributed by atoms with E-state index >= 15 is 0 Å².